The molecule has 0 radical (unpaired) electrons. The minimum absolute atomic E-state index is 0.211. The van der Waals surface area contributed by atoms with E-state index in [1.807, 2.05) is 4.57 Å². The quantitative estimate of drug-likeness (QED) is 0.543. The Morgan fingerprint density at radius 3 is 2.50 bits per heavy atom. The van der Waals surface area contributed by atoms with Crippen LogP contribution in [0, 0.1) is 5.92 Å². The lowest BCUT2D eigenvalue weighted by atomic mass is 10.2. The lowest BCUT2D eigenvalue weighted by Gasteiger charge is -2.11. The summed E-state index contributed by atoms with van der Waals surface area (Å²) in [5.74, 6) is 2.16. The van der Waals surface area contributed by atoms with Gasteiger partial charge in [-0.05, 0) is 5.92 Å². The summed E-state index contributed by atoms with van der Waals surface area (Å²) < 4.78 is 30.6. The molecule has 104 valence electrons. The molecule has 4 nitrogen and oxygen atoms in total. The van der Waals surface area contributed by atoms with E-state index in [9.17, 15) is 8.78 Å². The third kappa shape index (κ3) is 4.86. The van der Waals surface area contributed by atoms with Crippen LogP contribution in [0.15, 0.2) is 0 Å². The molecule has 1 rings (SSSR count). The molecule has 0 aliphatic carbocycles. The van der Waals surface area contributed by atoms with Crippen LogP contribution < -0.4 is 0 Å². The fourth-order valence-electron chi connectivity index (χ4n) is 1.57. The molecule has 0 saturated carbocycles. The Balaban J connectivity index is 2.56. The van der Waals surface area contributed by atoms with Crippen molar-refractivity contribution in [2.45, 2.75) is 39.1 Å². The predicted octanol–water partition coefficient (Wildman–Crippen LogP) is 2.50. The number of ether oxygens (including phenoxy) is 1. The van der Waals surface area contributed by atoms with Crippen LogP contribution in [0.1, 0.15) is 25.5 Å². The van der Waals surface area contributed by atoms with Crippen LogP contribution in [0.2, 0.25) is 0 Å². The average Bonchev–Trinajstić information content (AvgIpc) is 2.66. The van der Waals surface area contributed by atoms with Gasteiger partial charge in [-0.2, -0.15) is 0 Å². The summed E-state index contributed by atoms with van der Waals surface area (Å²) in [6.07, 6.45) is -1.97. The molecule has 0 aromatic carbocycles. The zero-order chi connectivity index (χ0) is 13.5. The highest BCUT2D eigenvalue weighted by Gasteiger charge is 2.12. The third-order valence-corrected chi connectivity index (χ3v) is 2.52. The fourth-order valence-corrected chi connectivity index (χ4v) is 1.77. The molecule has 0 bridgehead atoms. The Bertz CT molecular complexity index is 358. The van der Waals surface area contributed by atoms with Crippen molar-refractivity contribution in [2.24, 2.45) is 5.92 Å². The molecule has 7 heteroatoms. The van der Waals surface area contributed by atoms with Crippen molar-refractivity contribution in [2.75, 3.05) is 13.2 Å². The van der Waals surface area contributed by atoms with Gasteiger partial charge in [-0.15, -0.1) is 21.8 Å². The first-order valence-corrected chi connectivity index (χ1v) is 6.40. The second-order valence-corrected chi connectivity index (χ2v) is 4.65. The average molecular weight is 282 g/mol. The van der Waals surface area contributed by atoms with Gasteiger partial charge in [0, 0.05) is 13.0 Å². The highest BCUT2D eigenvalue weighted by Crippen LogP contribution is 2.10. The molecule has 1 heterocycles. The lowest BCUT2D eigenvalue weighted by molar-refractivity contribution is 0.0180. The molecule has 0 fully saturated rings. The van der Waals surface area contributed by atoms with Gasteiger partial charge in [-0.3, -0.25) is 0 Å². The second-order valence-electron chi connectivity index (χ2n) is 4.39. The van der Waals surface area contributed by atoms with Gasteiger partial charge in [-0.25, -0.2) is 8.78 Å². The van der Waals surface area contributed by atoms with Gasteiger partial charge in [0.05, 0.1) is 12.5 Å². The van der Waals surface area contributed by atoms with E-state index < -0.39 is 13.0 Å². The van der Waals surface area contributed by atoms with Crippen molar-refractivity contribution < 1.29 is 13.5 Å². The topological polar surface area (TPSA) is 39.9 Å². The normalized spacial score (nSPS) is 11.7. The lowest BCUT2D eigenvalue weighted by Crippen LogP contribution is -2.14. The van der Waals surface area contributed by atoms with Crippen LogP contribution in [0.25, 0.3) is 0 Å². The Morgan fingerprint density at radius 2 is 1.94 bits per heavy atom. The summed E-state index contributed by atoms with van der Waals surface area (Å²) in [5.41, 5.74) is 0. The maximum atomic E-state index is 11.9. The smallest absolute Gasteiger partial charge is 0.261 e. The summed E-state index contributed by atoms with van der Waals surface area (Å²) in [4.78, 5) is 0. The van der Waals surface area contributed by atoms with Crippen LogP contribution >= 0.6 is 11.6 Å². The van der Waals surface area contributed by atoms with E-state index in [2.05, 4.69) is 24.0 Å². The highest BCUT2D eigenvalue weighted by molar-refractivity contribution is 6.16. The molecule has 1 aromatic heterocycles. The van der Waals surface area contributed by atoms with Crippen LogP contribution in [0.4, 0.5) is 8.78 Å². The van der Waals surface area contributed by atoms with Crippen molar-refractivity contribution in [3.05, 3.63) is 11.6 Å². The molecule has 0 unspecified atom stereocenters. The number of hydrogen-bond acceptors (Lipinski definition) is 3. The summed E-state index contributed by atoms with van der Waals surface area (Å²) in [5, 5.41) is 8.00. The standard InChI is InChI=1S/C11H18ClF2N3O/c1-8(2)6-17-10(15-16-11(17)5-12)3-4-18-7-9(13)14/h8-9H,3-7H2,1-2H3. The zero-order valence-electron chi connectivity index (χ0n) is 10.6. The monoisotopic (exact) mass is 281 g/mol. The summed E-state index contributed by atoms with van der Waals surface area (Å²) in [6.45, 7) is 4.59. The highest BCUT2D eigenvalue weighted by atomic mass is 35.5. The molecule has 0 spiro atoms. The van der Waals surface area contributed by atoms with Gasteiger partial charge in [-0.1, -0.05) is 13.8 Å². The number of halogens is 3. The molecule has 0 saturated heterocycles. The van der Waals surface area contributed by atoms with Gasteiger partial charge in [0.15, 0.2) is 0 Å². The maximum absolute atomic E-state index is 11.9. The zero-order valence-corrected chi connectivity index (χ0v) is 11.3. The Labute approximate surface area is 110 Å². The largest absolute Gasteiger partial charge is 0.375 e. The maximum Gasteiger partial charge on any atom is 0.261 e. The molecular formula is C11H18ClF2N3O. The fraction of sp³-hybridized carbons (Fsp3) is 0.818. The van der Waals surface area contributed by atoms with Crippen molar-refractivity contribution in [1.82, 2.24) is 14.8 Å². The van der Waals surface area contributed by atoms with Gasteiger partial charge >= 0.3 is 0 Å². The predicted molar refractivity (Wildman–Crippen MR) is 64.9 cm³/mol. The minimum atomic E-state index is -2.43. The van der Waals surface area contributed by atoms with Crippen molar-refractivity contribution in [3.63, 3.8) is 0 Å². The minimum Gasteiger partial charge on any atom is -0.375 e. The van der Waals surface area contributed by atoms with Gasteiger partial charge in [0.2, 0.25) is 0 Å². The number of nitrogens with zero attached hydrogens (tertiary/aromatic N) is 3. The number of hydrogen-bond donors (Lipinski definition) is 0. The molecular weight excluding hydrogens is 264 g/mol. The van der Waals surface area contributed by atoms with Crippen LogP contribution in [-0.2, 0) is 23.6 Å². The number of rotatable bonds is 8. The molecule has 0 atom stereocenters. The van der Waals surface area contributed by atoms with Crippen LogP contribution in [-0.4, -0.2) is 34.4 Å². The molecule has 0 N–H and O–H groups in total. The van der Waals surface area contributed by atoms with Crippen LogP contribution in [0.3, 0.4) is 0 Å². The first-order chi connectivity index (χ1) is 8.54. The van der Waals surface area contributed by atoms with E-state index in [1.54, 1.807) is 0 Å². The van der Waals surface area contributed by atoms with Gasteiger partial charge < -0.3 is 9.30 Å². The van der Waals surface area contributed by atoms with E-state index in [4.69, 9.17) is 16.3 Å². The van der Waals surface area contributed by atoms with E-state index in [0.29, 0.717) is 18.2 Å². The first-order valence-electron chi connectivity index (χ1n) is 5.87. The first kappa shape index (κ1) is 15.3. The van der Waals surface area contributed by atoms with Gasteiger partial charge in [0.25, 0.3) is 6.43 Å². The Morgan fingerprint density at radius 1 is 1.28 bits per heavy atom. The van der Waals surface area contributed by atoms with Crippen molar-refractivity contribution in [3.8, 4) is 0 Å². The number of alkyl halides is 3. The van der Waals surface area contributed by atoms with E-state index in [-0.39, 0.29) is 12.5 Å². The second kappa shape index (κ2) is 7.63. The molecule has 18 heavy (non-hydrogen) atoms. The summed E-state index contributed by atoms with van der Waals surface area (Å²) in [6, 6.07) is 0. The SMILES string of the molecule is CC(C)Cn1c(CCl)nnc1CCOCC(F)F. The van der Waals surface area contributed by atoms with Crippen LogP contribution in [0.5, 0.6) is 0 Å². The van der Waals surface area contributed by atoms with E-state index >= 15 is 0 Å². The molecule has 0 aliphatic heterocycles. The summed E-state index contributed by atoms with van der Waals surface area (Å²) in [7, 11) is 0. The number of aromatic nitrogens is 3. The van der Waals surface area contributed by atoms with Crippen molar-refractivity contribution in [1.29, 1.82) is 0 Å². The van der Waals surface area contributed by atoms with E-state index in [0.717, 1.165) is 12.4 Å². The Kier molecular flexibility index (Phi) is 6.49. The molecule has 0 aliphatic rings. The summed E-state index contributed by atoms with van der Waals surface area (Å²) >= 11 is 5.78. The third-order valence-electron chi connectivity index (χ3n) is 2.29. The van der Waals surface area contributed by atoms with E-state index in [1.165, 1.54) is 0 Å². The Hall–Kier alpha value is -0.750. The molecule has 1 aromatic rings. The molecule has 0 amide bonds. The van der Waals surface area contributed by atoms with Gasteiger partial charge in [0.1, 0.15) is 18.3 Å². The van der Waals surface area contributed by atoms with Crippen molar-refractivity contribution >= 4 is 11.6 Å².